The maximum atomic E-state index is 5.96. The van der Waals surface area contributed by atoms with Crippen LogP contribution in [0.5, 0.6) is 11.6 Å². The lowest BCUT2D eigenvalue weighted by atomic mass is 9.80. The van der Waals surface area contributed by atoms with Crippen molar-refractivity contribution in [3.63, 3.8) is 0 Å². The van der Waals surface area contributed by atoms with Gasteiger partial charge in [0.1, 0.15) is 12.5 Å². The lowest BCUT2D eigenvalue weighted by molar-refractivity contribution is 0.00578. The molecule has 0 saturated carbocycles. The highest BCUT2D eigenvalue weighted by Gasteiger charge is 2.52. The third-order valence-corrected chi connectivity index (χ3v) is 3.80. The van der Waals surface area contributed by atoms with Crippen LogP contribution in [-0.2, 0) is 9.31 Å². The van der Waals surface area contributed by atoms with Gasteiger partial charge in [0, 0.05) is 11.7 Å². The zero-order valence-corrected chi connectivity index (χ0v) is 11.5. The highest BCUT2D eigenvalue weighted by molar-refractivity contribution is 6.62. The zero-order valence-electron chi connectivity index (χ0n) is 11.5. The minimum atomic E-state index is -0.447. The molecule has 0 atom stereocenters. The minimum Gasteiger partial charge on any atom is -0.456 e. The number of pyridine rings is 1. The van der Waals surface area contributed by atoms with E-state index in [9.17, 15) is 0 Å². The molecule has 6 heteroatoms. The Balaban J connectivity index is 1.89. The average molecular weight is 261 g/mol. The molecule has 0 unspecified atom stereocenters. The predicted molar refractivity (Wildman–Crippen MR) is 70.3 cm³/mol. The molecule has 0 N–H and O–H groups in total. The maximum absolute atomic E-state index is 5.96. The van der Waals surface area contributed by atoms with E-state index in [2.05, 4.69) is 4.98 Å². The SMILES string of the molecule is CC1(C)OB(c2cnc3c(c2)OC=CO3)OC1(C)C. The number of hydrogen-bond donors (Lipinski definition) is 0. The molecule has 3 heterocycles. The Kier molecular flexibility index (Phi) is 2.62. The highest BCUT2D eigenvalue weighted by Crippen LogP contribution is 2.37. The topological polar surface area (TPSA) is 49.8 Å². The fraction of sp³-hybridized carbons (Fsp3) is 0.462. The van der Waals surface area contributed by atoms with Crippen molar-refractivity contribution in [2.75, 3.05) is 0 Å². The van der Waals surface area contributed by atoms with Gasteiger partial charge < -0.3 is 18.8 Å². The lowest BCUT2D eigenvalue weighted by Gasteiger charge is -2.32. The number of rotatable bonds is 1. The van der Waals surface area contributed by atoms with E-state index < -0.39 is 7.12 Å². The van der Waals surface area contributed by atoms with Gasteiger partial charge in [0.05, 0.1) is 11.2 Å². The summed E-state index contributed by atoms with van der Waals surface area (Å²) in [6.45, 7) is 8.06. The second-order valence-corrected chi connectivity index (χ2v) is 5.67. The van der Waals surface area contributed by atoms with E-state index in [0.717, 1.165) is 5.46 Å². The molecule has 1 saturated heterocycles. The van der Waals surface area contributed by atoms with Crippen LogP contribution in [0, 0.1) is 0 Å². The van der Waals surface area contributed by atoms with Gasteiger partial charge in [0.25, 0.3) is 5.88 Å². The summed E-state index contributed by atoms with van der Waals surface area (Å²) in [6, 6.07) is 1.83. The van der Waals surface area contributed by atoms with Crippen LogP contribution < -0.4 is 14.9 Å². The van der Waals surface area contributed by atoms with Crippen LogP contribution in [-0.4, -0.2) is 23.3 Å². The molecule has 0 aromatic carbocycles. The molecule has 2 aliphatic heterocycles. The molecule has 2 aliphatic rings. The quantitative estimate of drug-likeness (QED) is 0.719. The summed E-state index contributed by atoms with van der Waals surface area (Å²) in [5.74, 6) is 1.01. The molecule has 1 aromatic heterocycles. The third-order valence-electron chi connectivity index (χ3n) is 3.80. The first-order chi connectivity index (χ1) is 8.89. The largest absolute Gasteiger partial charge is 0.496 e. The number of aromatic nitrogens is 1. The monoisotopic (exact) mass is 261 g/mol. The maximum Gasteiger partial charge on any atom is 0.496 e. The molecule has 0 spiro atoms. The highest BCUT2D eigenvalue weighted by atomic mass is 16.7. The van der Waals surface area contributed by atoms with Crippen LogP contribution in [0.25, 0.3) is 0 Å². The first-order valence-corrected chi connectivity index (χ1v) is 6.23. The molecular weight excluding hydrogens is 245 g/mol. The Bertz CT molecular complexity index is 525. The van der Waals surface area contributed by atoms with Gasteiger partial charge in [-0.05, 0) is 33.8 Å². The van der Waals surface area contributed by atoms with Crippen molar-refractivity contribution in [2.45, 2.75) is 38.9 Å². The molecule has 19 heavy (non-hydrogen) atoms. The summed E-state index contributed by atoms with van der Waals surface area (Å²) in [4.78, 5) is 4.20. The van der Waals surface area contributed by atoms with Gasteiger partial charge in [-0.2, -0.15) is 0 Å². The number of ether oxygens (including phenoxy) is 2. The fourth-order valence-electron chi connectivity index (χ4n) is 1.92. The second-order valence-electron chi connectivity index (χ2n) is 5.67. The summed E-state index contributed by atoms with van der Waals surface area (Å²) in [7, 11) is -0.447. The van der Waals surface area contributed by atoms with E-state index in [1.165, 1.54) is 12.5 Å². The summed E-state index contributed by atoms with van der Waals surface area (Å²) in [5, 5.41) is 0. The fourth-order valence-corrected chi connectivity index (χ4v) is 1.92. The minimum absolute atomic E-state index is 0.370. The van der Waals surface area contributed by atoms with Gasteiger partial charge in [-0.3, -0.25) is 0 Å². The average Bonchev–Trinajstić information content (AvgIpc) is 2.58. The summed E-state index contributed by atoms with van der Waals surface area (Å²) >= 11 is 0. The second kappa shape index (κ2) is 3.98. The van der Waals surface area contributed by atoms with Gasteiger partial charge in [-0.15, -0.1) is 0 Å². The molecule has 5 nitrogen and oxygen atoms in total. The van der Waals surface area contributed by atoms with Crippen molar-refractivity contribution in [3.05, 3.63) is 24.8 Å². The van der Waals surface area contributed by atoms with Crippen molar-refractivity contribution in [1.82, 2.24) is 4.98 Å². The Morgan fingerprint density at radius 3 is 2.32 bits per heavy atom. The molecule has 100 valence electrons. The third kappa shape index (κ3) is 2.01. The Morgan fingerprint density at radius 1 is 1.00 bits per heavy atom. The van der Waals surface area contributed by atoms with Crippen molar-refractivity contribution in [3.8, 4) is 11.6 Å². The van der Waals surface area contributed by atoms with Gasteiger partial charge >= 0.3 is 7.12 Å². The van der Waals surface area contributed by atoms with Gasteiger partial charge in [-0.1, -0.05) is 0 Å². The molecule has 0 aliphatic carbocycles. The van der Waals surface area contributed by atoms with Gasteiger partial charge in [-0.25, -0.2) is 4.98 Å². The van der Waals surface area contributed by atoms with Gasteiger partial charge in [0.15, 0.2) is 5.75 Å². The molecule has 0 bridgehead atoms. The molecule has 3 rings (SSSR count). The van der Waals surface area contributed by atoms with E-state index in [0.29, 0.717) is 11.6 Å². The van der Waals surface area contributed by atoms with Crippen molar-refractivity contribution in [1.29, 1.82) is 0 Å². The van der Waals surface area contributed by atoms with Crippen molar-refractivity contribution in [2.24, 2.45) is 0 Å². The summed E-state index contributed by atoms with van der Waals surface area (Å²) in [5.41, 5.74) is 0.0756. The van der Waals surface area contributed by atoms with Crippen LogP contribution in [0.2, 0.25) is 0 Å². The standard InChI is InChI=1S/C13H16BNO4/c1-12(2)13(3,4)19-14(18-12)9-7-10-11(15-8-9)17-6-5-16-10/h5-8H,1-4H3. The predicted octanol–water partition coefficient (Wildman–Crippen LogP) is 1.62. The summed E-state index contributed by atoms with van der Waals surface area (Å²) < 4.78 is 22.5. The van der Waals surface area contributed by atoms with Crippen LogP contribution >= 0.6 is 0 Å². The Morgan fingerprint density at radius 2 is 1.63 bits per heavy atom. The smallest absolute Gasteiger partial charge is 0.456 e. The lowest BCUT2D eigenvalue weighted by Crippen LogP contribution is -2.41. The molecule has 1 fully saturated rings. The Hall–Kier alpha value is -1.53. The zero-order chi connectivity index (χ0) is 13.7. The van der Waals surface area contributed by atoms with E-state index in [4.69, 9.17) is 18.8 Å². The Labute approximate surface area is 112 Å². The molecule has 0 amide bonds. The van der Waals surface area contributed by atoms with E-state index in [1.807, 2.05) is 33.8 Å². The van der Waals surface area contributed by atoms with E-state index >= 15 is 0 Å². The van der Waals surface area contributed by atoms with Gasteiger partial charge in [0.2, 0.25) is 0 Å². The van der Waals surface area contributed by atoms with E-state index in [1.54, 1.807) is 6.20 Å². The van der Waals surface area contributed by atoms with Crippen LogP contribution in [0.3, 0.4) is 0 Å². The number of nitrogens with zero attached hydrogens (tertiary/aromatic N) is 1. The van der Waals surface area contributed by atoms with Crippen molar-refractivity contribution < 1.29 is 18.8 Å². The first-order valence-electron chi connectivity index (χ1n) is 6.23. The normalized spacial score (nSPS) is 22.6. The van der Waals surface area contributed by atoms with Crippen LogP contribution in [0.4, 0.5) is 0 Å². The van der Waals surface area contributed by atoms with Crippen molar-refractivity contribution >= 4 is 12.6 Å². The number of hydrogen-bond acceptors (Lipinski definition) is 5. The van der Waals surface area contributed by atoms with E-state index in [-0.39, 0.29) is 11.2 Å². The van der Waals surface area contributed by atoms with Crippen LogP contribution in [0.1, 0.15) is 27.7 Å². The first kappa shape index (κ1) is 12.5. The van der Waals surface area contributed by atoms with Crippen LogP contribution in [0.15, 0.2) is 24.8 Å². The summed E-state index contributed by atoms with van der Waals surface area (Å²) in [6.07, 6.45) is 4.60. The molecule has 0 radical (unpaired) electrons. The molecule has 1 aromatic rings. The molecular formula is C13H16BNO4. The number of fused-ring (bicyclic) bond motifs is 1.